The van der Waals surface area contributed by atoms with Gasteiger partial charge >= 0.3 is 0 Å². The van der Waals surface area contributed by atoms with E-state index in [0.29, 0.717) is 12.1 Å². The van der Waals surface area contributed by atoms with Crippen LogP contribution in [0.4, 0.5) is 5.69 Å². The van der Waals surface area contributed by atoms with Crippen molar-refractivity contribution in [1.29, 1.82) is 0 Å². The summed E-state index contributed by atoms with van der Waals surface area (Å²) in [6.45, 7) is 3.78. The molecule has 2 aromatic carbocycles. The van der Waals surface area contributed by atoms with Crippen LogP contribution in [0.1, 0.15) is 29.5 Å². The van der Waals surface area contributed by atoms with Crippen LogP contribution in [-0.2, 0) is 17.9 Å². The van der Waals surface area contributed by atoms with Gasteiger partial charge < -0.3 is 5.32 Å². The number of carbonyl (C=O) groups excluding carboxylic acids is 1. The molecule has 0 unspecified atom stereocenters. The Morgan fingerprint density at radius 1 is 1.11 bits per heavy atom. The van der Waals surface area contributed by atoms with Gasteiger partial charge in [0.15, 0.2) is 0 Å². The fourth-order valence-corrected chi connectivity index (χ4v) is 3.12. The number of nitro benzene ring substituents is 1. The number of amides is 1. The summed E-state index contributed by atoms with van der Waals surface area (Å²) < 4.78 is 0. The third-order valence-electron chi connectivity index (χ3n) is 4.60. The molecule has 0 aliphatic carbocycles. The molecule has 0 radical (unpaired) electrons. The lowest BCUT2D eigenvalue weighted by atomic mass is 10.1. The van der Waals surface area contributed by atoms with Gasteiger partial charge in [0.25, 0.3) is 5.69 Å². The van der Waals surface area contributed by atoms with Gasteiger partial charge in [0.2, 0.25) is 5.91 Å². The van der Waals surface area contributed by atoms with Gasteiger partial charge in [0.05, 0.1) is 4.92 Å². The topological polar surface area (TPSA) is 75.5 Å². The average molecular weight is 365 g/mol. The van der Waals surface area contributed by atoms with Crippen molar-refractivity contribution in [3.8, 4) is 0 Å². The van der Waals surface area contributed by atoms with Gasteiger partial charge in [-0.3, -0.25) is 19.8 Å². The molecule has 1 heterocycles. The van der Waals surface area contributed by atoms with Crippen LogP contribution in [0.25, 0.3) is 6.08 Å². The second kappa shape index (κ2) is 9.09. The van der Waals surface area contributed by atoms with Crippen LogP contribution in [0, 0.1) is 10.1 Å². The molecule has 6 heteroatoms. The van der Waals surface area contributed by atoms with Crippen LogP contribution in [0.15, 0.2) is 54.6 Å². The first-order valence-electron chi connectivity index (χ1n) is 9.11. The Balaban J connectivity index is 1.48. The molecule has 1 amide bonds. The number of nitrogens with zero attached hydrogens (tertiary/aromatic N) is 2. The number of benzene rings is 2. The van der Waals surface area contributed by atoms with Crippen molar-refractivity contribution >= 4 is 17.7 Å². The number of carbonyl (C=O) groups is 1. The van der Waals surface area contributed by atoms with E-state index in [4.69, 9.17) is 0 Å². The summed E-state index contributed by atoms with van der Waals surface area (Å²) in [6.07, 6.45) is 5.53. The molecule has 1 aliphatic heterocycles. The fraction of sp³-hybridized carbons (Fsp3) is 0.286. The van der Waals surface area contributed by atoms with E-state index in [0.717, 1.165) is 12.1 Å². The number of likely N-dealkylation sites (tertiary alicyclic amines) is 1. The molecule has 0 atom stereocenters. The van der Waals surface area contributed by atoms with Crippen molar-refractivity contribution in [2.75, 3.05) is 13.1 Å². The molecule has 1 aliphatic rings. The molecule has 1 fully saturated rings. The number of non-ortho nitro benzene ring substituents is 1. The number of nitro groups is 1. The van der Waals surface area contributed by atoms with E-state index in [1.165, 1.54) is 49.7 Å². The maximum atomic E-state index is 12.0. The van der Waals surface area contributed by atoms with Crippen LogP contribution in [-0.4, -0.2) is 28.8 Å². The van der Waals surface area contributed by atoms with E-state index >= 15 is 0 Å². The summed E-state index contributed by atoms with van der Waals surface area (Å²) in [7, 11) is 0. The largest absolute Gasteiger partial charge is 0.348 e. The summed E-state index contributed by atoms with van der Waals surface area (Å²) in [5.74, 6) is -0.234. The Morgan fingerprint density at radius 2 is 1.81 bits per heavy atom. The Labute approximate surface area is 158 Å². The van der Waals surface area contributed by atoms with E-state index in [9.17, 15) is 14.9 Å². The normalized spacial score (nSPS) is 14.5. The molecule has 0 bridgehead atoms. The SMILES string of the molecule is O=C(/C=C/c1cccc([N+](=O)[O-])c1)NCc1ccc(CN2CCCC2)cc1. The second-order valence-electron chi connectivity index (χ2n) is 6.70. The van der Waals surface area contributed by atoms with Crippen LogP contribution in [0.2, 0.25) is 0 Å². The average Bonchev–Trinajstić information content (AvgIpc) is 3.19. The predicted molar refractivity (Wildman–Crippen MR) is 105 cm³/mol. The molecular weight excluding hydrogens is 342 g/mol. The van der Waals surface area contributed by atoms with Crippen LogP contribution in [0.5, 0.6) is 0 Å². The van der Waals surface area contributed by atoms with E-state index < -0.39 is 4.92 Å². The smallest absolute Gasteiger partial charge is 0.270 e. The van der Waals surface area contributed by atoms with E-state index in [2.05, 4.69) is 22.3 Å². The molecule has 1 saturated heterocycles. The van der Waals surface area contributed by atoms with Gasteiger partial charge in [-0.15, -0.1) is 0 Å². The van der Waals surface area contributed by atoms with Gasteiger partial charge in [-0.05, 0) is 48.7 Å². The zero-order valence-corrected chi connectivity index (χ0v) is 15.1. The summed E-state index contributed by atoms with van der Waals surface area (Å²) >= 11 is 0. The van der Waals surface area contributed by atoms with Gasteiger partial charge in [-0.25, -0.2) is 0 Å². The lowest BCUT2D eigenvalue weighted by molar-refractivity contribution is -0.384. The quantitative estimate of drug-likeness (QED) is 0.463. The Bertz CT molecular complexity index is 825. The molecule has 0 spiro atoms. The third-order valence-corrected chi connectivity index (χ3v) is 4.60. The Hall–Kier alpha value is -2.99. The van der Waals surface area contributed by atoms with Gasteiger partial charge in [-0.1, -0.05) is 36.4 Å². The van der Waals surface area contributed by atoms with Crippen molar-refractivity contribution in [1.82, 2.24) is 10.2 Å². The summed E-state index contributed by atoms with van der Waals surface area (Å²) in [5.41, 5.74) is 2.95. The maximum Gasteiger partial charge on any atom is 0.270 e. The minimum absolute atomic E-state index is 0.00609. The standard InChI is InChI=1S/C21H23N3O3/c25-21(11-10-17-4-3-5-20(14-17)24(26)27)22-15-18-6-8-19(9-7-18)16-23-12-1-2-13-23/h3-11,14H,1-2,12-13,15-16H2,(H,22,25)/b11-10+. The molecule has 140 valence electrons. The zero-order valence-electron chi connectivity index (χ0n) is 15.1. The molecule has 2 aromatic rings. The first kappa shape index (κ1) is 18.8. The number of hydrogen-bond acceptors (Lipinski definition) is 4. The third kappa shape index (κ3) is 5.76. The van der Waals surface area contributed by atoms with E-state index in [1.807, 2.05) is 12.1 Å². The summed E-state index contributed by atoms with van der Waals surface area (Å²) in [6, 6.07) is 14.5. The number of nitrogens with one attached hydrogen (secondary N) is 1. The lowest BCUT2D eigenvalue weighted by Crippen LogP contribution is -2.20. The van der Waals surface area contributed by atoms with E-state index in [1.54, 1.807) is 18.2 Å². The highest BCUT2D eigenvalue weighted by molar-refractivity contribution is 5.91. The molecule has 0 saturated carbocycles. The Morgan fingerprint density at radius 3 is 2.52 bits per heavy atom. The van der Waals surface area contributed by atoms with Gasteiger partial charge in [0.1, 0.15) is 0 Å². The van der Waals surface area contributed by atoms with Crippen molar-refractivity contribution < 1.29 is 9.72 Å². The van der Waals surface area contributed by atoms with Gasteiger partial charge in [0, 0.05) is 31.3 Å². The fourth-order valence-electron chi connectivity index (χ4n) is 3.12. The molecule has 3 rings (SSSR count). The minimum atomic E-state index is -0.454. The second-order valence-corrected chi connectivity index (χ2v) is 6.70. The highest BCUT2D eigenvalue weighted by Gasteiger charge is 2.11. The number of rotatable bonds is 7. The van der Waals surface area contributed by atoms with Crippen LogP contribution in [0.3, 0.4) is 0 Å². The maximum absolute atomic E-state index is 12.0. The van der Waals surface area contributed by atoms with Crippen molar-refractivity contribution in [3.63, 3.8) is 0 Å². The predicted octanol–water partition coefficient (Wildman–Crippen LogP) is 3.52. The highest BCUT2D eigenvalue weighted by atomic mass is 16.6. The van der Waals surface area contributed by atoms with Crippen LogP contribution >= 0.6 is 0 Å². The molecular formula is C21H23N3O3. The highest BCUT2D eigenvalue weighted by Crippen LogP contribution is 2.15. The first-order chi connectivity index (χ1) is 13.1. The van der Waals surface area contributed by atoms with Crippen LogP contribution < -0.4 is 5.32 Å². The molecule has 6 nitrogen and oxygen atoms in total. The van der Waals surface area contributed by atoms with Crippen molar-refractivity contribution in [2.45, 2.75) is 25.9 Å². The van der Waals surface area contributed by atoms with Crippen molar-refractivity contribution in [3.05, 3.63) is 81.4 Å². The monoisotopic (exact) mass is 365 g/mol. The first-order valence-corrected chi connectivity index (χ1v) is 9.11. The molecule has 0 aromatic heterocycles. The number of hydrogen-bond donors (Lipinski definition) is 1. The Kier molecular flexibility index (Phi) is 6.33. The summed E-state index contributed by atoms with van der Waals surface area (Å²) in [4.78, 5) is 24.7. The minimum Gasteiger partial charge on any atom is -0.348 e. The van der Waals surface area contributed by atoms with Gasteiger partial charge in [-0.2, -0.15) is 0 Å². The van der Waals surface area contributed by atoms with E-state index in [-0.39, 0.29) is 11.6 Å². The molecule has 27 heavy (non-hydrogen) atoms. The lowest BCUT2D eigenvalue weighted by Gasteiger charge is -2.14. The molecule has 1 N–H and O–H groups in total. The summed E-state index contributed by atoms with van der Waals surface area (Å²) in [5, 5.41) is 13.6. The zero-order chi connectivity index (χ0) is 19.1. The van der Waals surface area contributed by atoms with Crippen molar-refractivity contribution in [2.24, 2.45) is 0 Å².